The monoisotopic (exact) mass is 238 g/mol. The van der Waals surface area contributed by atoms with Crippen molar-refractivity contribution in [2.24, 2.45) is 0 Å². The molecule has 0 rings (SSSR count). The molecule has 0 amide bonds. The van der Waals surface area contributed by atoms with Gasteiger partial charge in [-0.3, -0.25) is 0 Å². The fourth-order valence-corrected chi connectivity index (χ4v) is 0.668. The highest BCUT2D eigenvalue weighted by Gasteiger charge is 1.88. The molecule has 0 aliphatic carbocycles. The summed E-state index contributed by atoms with van der Waals surface area (Å²) in [7, 11) is 0. The van der Waals surface area contributed by atoms with Crippen LogP contribution in [0.1, 0.15) is 12.8 Å². The summed E-state index contributed by atoms with van der Waals surface area (Å²) in [6, 6.07) is 0. The van der Waals surface area contributed by atoms with Crippen molar-refractivity contribution in [1.82, 2.24) is 0 Å². The lowest BCUT2D eigenvalue weighted by Crippen LogP contribution is -1.70. The van der Waals surface area contributed by atoms with Crippen LogP contribution in [0.25, 0.3) is 0 Å². The van der Waals surface area contributed by atoms with E-state index in [2.05, 4.69) is 45.0 Å². The van der Waals surface area contributed by atoms with Crippen LogP contribution in [0.4, 0.5) is 0 Å². The van der Waals surface area contributed by atoms with Crippen molar-refractivity contribution in [2.45, 2.75) is 12.8 Å². The van der Waals surface area contributed by atoms with Gasteiger partial charge in [0.15, 0.2) is 0 Å². The molecule has 46 valence electrons. The first kappa shape index (κ1) is 8.44. The average molecular weight is 240 g/mol. The number of allylic oxidation sites excluding steroid dienone is 2. The molecule has 0 heterocycles. The van der Waals surface area contributed by atoms with Crippen LogP contribution in [0.5, 0.6) is 0 Å². The van der Waals surface area contributed by atoms with Gasteiger partial charge in [0.25, 0.3) is 0 Å². The van der Waals surface area contributed by atoms with Crippen LogP contribution in [0.2, 0.25) is 0 Å². The molecule has 0 fully saturated rings. The number of hydrogen-bond donors (Lipinski definition) is 0. The molecule has 0 aliphatic heterocycles. The molecule has 0 nitrogen and oxygen atoms in total. The van der Waals surface area contributed by atoms with Gasteiger partial charge < -0.3 is 0 Å². The molecule has 0 bridgehead atoms. The third-order valence-corrected chi connectivity index (χ3v) is 1.46. The summed E-state index contributed by atoms with van der Waals surface area (Å²) in [5, 5.41) is 0. The molecule has 0 atom stereocenters. The Kier molecular flexibility index (Phi) is 4.57. The van der Waals surface area contributed by atoms with Gasteiger partial charge in [-0.2, -0.15) is 0 Å². The standard InChI is InChI=1S/C6H8Br2/c1-5(7)3-4-6(2)8/h1-4H2. The Labute approximate surface area is 66.9 Å². The highest BCUT2D eigenvalue weighted by Crippen LogP contribution is 2.16. The lowest BCUT2D eigenvalue weighted by atomic mass is 10.3. The van der Waals surface area contributed by atoms with Gasteiger partial charge in [0.1, 0.15) is 0 Å². The van der Waals surface area contributed by atoms with Gasteiger partial charge in [0.2, 0.25) is 0 Å². The first-order valence-electron chi connectivity index (χ1n) is 2.29. The van der Waals surface area contributed by atoms with Crippen LogP contribution >= 0.6 is 31.9 Å². The van der Waals surface area contributed by atoms with Crippen LogP contribution in [0, 0.1) is 0 Å². The van der Waals surface area contributed by atoms with E-state index in [1.54, 1.807) is 0 Å². The highest BCUT2D eigenvalue weighted by molar-refractivity contribution is 9.12. The molecule has 0 radical (unpaired) electrons. The fourth-order valence-electron chi connectivity index (χ4n) is 0.271. The molecule has 0 spiro atoms. The summed E-state index contributed by atoms with van der Waals surface area (Å²) in [5.74, 6) is 0. The molecule has 2 heteroatoms. The van der Waals surface area contributed by atoms with E-state index in [0.717, 1.165) is 21.8 Å². The maximum atomic E-state index is 3.68. The van der Waals surface area contributed by atoms with Gasteiger partial charge in [0.05, 0.1) is 0 Å². The molecular weight excluding hydrogens is 232 g/mol. The van der Waals surface area contributed by atoms with Crippen LogP contribution < -0.4 is 0 Å². The second kappa shape index (κ2) is 4.33. The SMILES string of the molecule is C=C(Br)CCC(=C)Br. The van der Waals surface area contributed by atoms with E-state index in [1.165, 1.54) is 0 Å². The Morgan fingerprint density at radius 2 is 1.25 bits per heavy atom. The third-order valence-electron chi connectivity index (χ3n) is 0.668. The van der Waals surface area contributed by atoms with E-state index in [0.29, 0.717) is 0 Å². The second-order valence-electron chi connectivity index (χ2n) is 1.53. The Hall–Kier alpha value is 0.440. The first-order chi connectivity index (χ1) is 3.63. The molecule has 8 heavy (non-hydrogen) atoms. The molecule has 0 saturated heterocycles. The Morgan fingerprint density at radius 3 is 1.38 bits per heavy atom. The molecular formula is C6H8Br2. The van der Waals surface area contributed by atoms with Gasteiger partial charge >= 0.3 is 0 Å². The normalized spacial score (nSPS) is 8.75. The Morgan fingerprint density at radius 1 is 1.00 bits per heavy atom. The smallest absolute Gasteiger partial charge is 0.0118 e. The topological polar surface area (TPSA) is 0 Å². The van der Waals surface area contributed by atoms with E-state index in [4.69, 9.17) is 0 Å². The Balaban J connectivity index is 3.18. The van der Waals surface area contributed by atoms with Gasteiger partial charge in [-0.15, -0.1) is 0 Å². The van der Waals surface area contributed by atoms with Gasteiger partial charge in [-0.1, -0.05) is 45.0 Å². The second-order valence-corrected chi connectivity index (χ2v) is 3.78. The number of rotatable bonds is 3. The van der Waals surface area contributed by atoms with E-state index >= 15 is 0 Å². The zero-order valence-electron chi connectivity index (χ0n) is 4.58. The zero-order valence-corrected chi connectivity index (χ0v) is 7.76. The van der Waals surface area contributed by atoms with Crippen molar-refractivity contribution >= 4 is 31.9 Å². The molecule has 0 saturated carbocycles. The molecule has 0 aromatic heterocycles. The molecule has 0 aromatic carbocycles. The molecule has 0 aliphatic rings. The van der Waals surface area contributed by atoms with Gasteiger partial charge in [-0.05, 0) is 21.8 Å². The van der Waals surface area contributed by atoms with Crippen molar-refractivity contribution in [2.75, 3.05) is 0 Å². The van der Waals surface area contributed by atoms with E-state index in [-0.39, 0.29) is 0 Å². The summed E-state index contributed by atoms with van der Waals surface area (Å²) in [6.07, 6.45) is 1.92. The van der Waals surface area contributed by atoms with Crippen LogP contribution in [0.3, 0.4) is 0 Å². The van der Waals surface area contributed by atoms with Crippen LogP contribution in [0.15, 0.2) is 22.1 Å². The average Bonchev–Trinajstić information content (AvgIpc) is 1.61. The largest absolute Gasteiger partial charge is 0.0888 e. The molecule has 0 aromatic rings. The third kappa shape index (κ3) is 6.44. The van der Waals surface area contributed by atoms with Crippen molar-refractivity contribution in [3.05, 3.63) is 22.1 Å². The minimum absolute atomic E-state index is 0.962. The molecule has 0 N–H and O–H groups in total. The minimum Gasteiger partial charge on any atom is -0.0888 e. The highest BCUT2D eigenvalue weighted by atomic mass is 79.9. The summed E-state index contributed by atoms with van der Waals surface area (Å²) < 4.78 is 2.05. The van der Waals surface area contributed by atoms with E-state index in [9.17, 15) is 0 Å². The van der Waals surface area contributed by atoms with E-state index < -0.39 is 0 Å². The lowest BCUT2D eigenvalue weighted by Gasteiger charge is -1.92. The van der Waals surface area contributed by atoms with Crippen molar-refractivity contribution in [3.8, 4) is 0 Å². The summed E-state index contributed by atoms with van der Waals surface area (Å²) in [4.78, 5) is 0. The maximum absolute atomic E-state index is 3.68. The number of halogens is 2. The summed E-state index contributed by atoms with van der Waals surface area (Å²) >= 11 is 6.49. The zero-order chi connectivity index (χ0) is 6.57. The van der Waals surface area contributed by atoms with Crippen molar-refractivity contribution in [3.63, 3.8) is 0 Å². The maximum Gasteiger partial charge on any atom is -0.0118 e. The summed E-state index contributed by atoms with van der Waals surface area (Å²) in [6.45, 7) is 7.36. The van der Waals surface area contributed by atoms with E-state index in [1.807, 2.05) is 0 Å². The minimum atomic E-state index is 0.962. The van der Waals surface area contributed by atoms with Crippen LogP contribution in [-0.2, 0) is 0 Å². The fraction of sp³-hybridized carbons (Fsp3) is 0.333. The predicted octanol–water partition coefficient (Wildman–Crippen LogP) is 3.58. The lowest BCUT2D eigenvalue weighted by molar-refractivity contribution is 1.04. The molecule has 0 unspecified atom stereocenters. The first-order valence-corrected chi connectivity index (χ1v) is 3.88. The van der Waals surface area contributed by atoms with Crippen molar-refractivity contribution in [1.29, 1.82) is 0 Å². The quantitative estimate of drug-likeness (QED) is 0.707. The van der Waals surface area contributed by atoms with Gasteiger partial charge in [-0.25, -0.2) is 0 Å². The number of hydrogen-bond acceptors (Lipinski definition) is 0. The van der Waals surface area contributed by atoms with Crippen LogP contribution in [-0.4, -0.2) is 0 Å². The van der Waals surface area contributed by atoms with Gasteiger partial charge in [0, 0.05) is 0 Å². The predicted molar refractivity (Wildman–Crippen MR) is 45.4 cm³/mol. The summed E-state index contributed by atoms with van der Waals surface area (Å²) in [5.41, 5.74) is 0. The van der Waals surface area contributed by atoms with Crippen molar-refractivity contribution < 1.29 is 0 Å². The Bertz CT molecular complexity index is 91.1.